The van der Waals surface area contributed by atoms with E-state index >= 15 is 0 Å². The molecule has 31 heavy (non-hydrogen) atoms. The van der Waals surface area contributed by atoms with E-state index in [1.54, 1.807) is 56.0 Å². The van der Waals surface area contributed by atoms with E-state index in [1.807, 2.05) is 19.3 Å². The largest absolute Gasteiger partial charge is 0.455 e. The summed E-state index contributed by atoms with van der Waals surface area (Å²) in [6, 6.07) is 6.98. The zero-order valence-electron chi connectivity index (χ0n) is 17.7. The molecule has 0 unspecified atom stereocenters. The van der Waals surface area contributed by atoms with Crippen molar-refractivity contribution in [3.63, 3.8) is 0 Å². The summed E-state index contributed by atoms with van der Waals surface area (Å²) >= 11 is 0. The molecule has 10 heteroatoms. The van der Waals surface area contributed by atoms with Gasteiger partial charge in [0.15, 0.2) is 5.82 Å². The Labute approximate surface area is 178 Å². The molecule has 0 aliphatic heterocycles. The zero-order chi connectivity index (χ0) is 22.2. The second kappa shape index (κ2) is 7.80. The Kier molecular flexibility index (Phi) is 5.15. The van der Waals surface area contributed by atoms with Gasteiger partial charge < -0.3 is 9.84 Å². The van der Waals surface area contributed by atoms with E-state index in [1.165, 1.54) is 4.68 Å². The molecule has 0 aromatic carbocycles. The molecule has 4 aromatic rings. The molecule has 2 N–H and O–H groups in total. The summed E-state index contributed by atoms with van der Waals surface area (Å²) in [5, 5.41) is 18.0. The van der Waals surface area contributed by atoms with Crippen molar-refractivity contribution in [1.29, 1.82) is 0 Å². The molecule has 160 valence electrons. The highest BCUT2D eigenvalue weighted by molar-refractivity contribution is 5.58. The Bertz CT molecular complexity index is 1290. The molecular formula is C21H23N7O3. The lowest BCUT2D eigenvalue weighted by molar-refractivity contribution is 0.211. The molecule has 4 heterocycles. The molecule has 10 nitrogen and oxygen atoms in total. The van der Waals surface area contributed by atoms with E-state index in [4.69, 9.17) is 4.74 Å². The van der Waals surface area contributed by atoms with Gasteiger partial charge in [-0.3, -0.25) is 14.6 Å². The third kappa shape index (κ3) is 4.10. The SMILES string of the molecule is Cc1nc(-n2nc(C(C)(C)CO)[nH]c2=O)ccc1Oc1ccnc(-c2cnn(C)c2)c1. The van der Waals surface area contributed by atoms with Crippen LogP contribution in [0.15, 0.2) is 47.7 Å². The summed E-state index contributed by atoms with van der Waals surface area (Å²) in [7, 11) is 1.85. The second-order valence-corrected chi connectivity index (χ2v) is 7.87. The third-order valence-electron chi connectivity index (χ3n) is 4.85. The van der Waals surface area contributed by atoms with Gasteiger partial charge in [0.1, 0.15) is 17.3 Å². The van der Waals surface area contributed by atoms with Gasteiger partial charge in [0.25, 0.3) is 0 Å². The highest BCUT2D eigenvalue weighted by Crippen LogP contribution is 2.27. The first kappa shape index (κ1) is 20.5. The van der Waals surface area contributed by atoms with Crippen molar-refractivity contribution in [2.45, 2.75) is 26.2 Å². The summed E-state index contributed by atoms with van der Waals surface area (Å²) < 4.78 is 8.88. The molecule has 0 saturated carbocycles. The fraction of sp³-hybridized carbons (Fsp3) is 0.286. The first-order valence-corrected chi connectivity index (χ1v) is 9.68. The van der Waals surface area contributed by atoms with Crippen LogP contribution in [0.2, 0.25) is 0 Å². The van der Waals surface area contributed by atoms with E-state index in [-0.39, 0.29) is 6.61 Å². The zero-order valence-corrected chi connectivity index (χ0v) is 17.7. The second-order valence-electron chi connectivity index (χ2n) is 7.87. The van der Waals surface area contributed by atoms with Gasteiger partial charge >= 0.3 is 5.69 Å². The van der Waals surface area contributed by atoms with Gasteiger partial charge in [-0.25, -0.2) is 9.78 Å². The van der Waals surface area contributed by atoms with E-state index in [0.29, 0.717) is 28.8 Å². The minimum atomic E-state index is -0.671. The van der Waals surface area contributed by atoms with Crippen LogP contribution in [0.5, 0.6) is 11.5 Å². The number of aliphatic hydroxyl groups is 1. The molecule has 0 aliphatic rings. The fourth-order valence-electron chi connectivity index (χ4n) is 2.93. The number of aryl methyl sites for hydroxylation is 2. The molecular weight excluding hydrogens is 398 g/mol. The van der Waals surface area contributed by atoms with Crippen LogP contribution in [-0.4, -0.2) is 46.2 Å². The van der Waals surface area contributed by atoms with E-state index in [2.05, 4.69) is 25.1 Å². The molecule has 0 bridgehead atoms. The van der Waals surface area contributed by atoms with Gasteiger partial charge in [-0.15, -0.1) is 5.10 Å². The van der Waals surface area contributed by atoms with Crippen LogP contribution >= 0.6 is 0 Å². The predicted octanol–water partition coefficient (Wildman–Crippen LogP) is 2.12. The summed E-state index contributed by atoms with van der Waals surface area (Å²) in [4.78, 5) is 23.9. The lowest BCUT2D eigenvalue weighted by Crippen LogP contribution is -2.24. The highest BCUT2D eigenvalue weighted by Gasteiger charge is 2.25. The van der Waals surface area contributed by atoms with Crippen molar-refractivity contribution >= 4 is 0 Å². The molecule has 0 spiro atoms. The number of aromatic amines is 1. The van der Waals surface area contributed by atoms with Crippen molar-refractivity contribution in [2.75, 3.05) is 6.61 Å². The number of hydrogen-bond acceptors (Lipinski definition) is 7. The van der Waals surface area contributed by atoms with Gasteiger partial charge in [0.05, 0.1) is 24.2 Å². The Morgan fingerprint density at radius 3 is 2.74 bits per heavy atom. The van der Waals surface area contributed by atoms with Crippen molar-refractivity contribution in [3.05, 3.63) is 64.9 Å². The number of aliphatic hydroxyl groups excluding tert-OH is 1. The summed E-state index contributed by atoms with van der Waals surface area (Å²) in [5.74, 6) is 1.90. The Hall–Kier alpha value is -3.79. The number of rotatable bonds is 6. The average molecular weight is 421 g/mol. The van der Waals surface area contributed by atoms with E-state index in [0.717, 1.165) is 11.3 Å². The molecule has 0 saturated heterocycles. The van der Waals surface area contributed by atoms with E-state index in [9.17, 15) is 9.90 Å². The summed E-state index contributed by atoms with van der Waals surface area (Å²) in [5.41, 5.74) is 1.13. The fourth-order valence-corrected chi connectivity index (χ4v) is 2.93. The highest BCUT2D eigenvalue weighted by atomic mass is 16.5. The van der Waals surface area contributed by atoms with Crippen LogP contribution in [0.4, 0.5) is 0 Å². The quantitative estimate of drug-likeness (QED) is 0.489. The maximum Gasteiger partial charge on any atom is 0.349 e. The van der Waals surface area contributed by atoms with Gasteiger partial charge in [-0.05, 0) is 25.1 Å². The standard InChI is InChI=1S/C21H23N7O3/c1-13-17(31-15-7-8-22-16(9-15)14-10-23-27(4)11-14)5-6-18(24-13)28-20(30)25-19(26-28)21(2,3)12-29/h5-11,29H,12H2,1-4H3,(H,25,26,30). The maximum atomic E-state index is 12.3. The van der Waals surface area contributed by atoms with Gasteiger partial charge in [-0.1, -0.05) is 13.8 Å². The molecule has 0 fully saturated rings. The van der Waals surface area contributed by atoms with Crippen molar-refractivity contribution in [2.24, 2.45) is 7.05 Å². The van der Waals surface area contributed by atoms with Gasteiger partial charge in [0.2, 0.25) is 0 Å². The first-order valence-electron chi connectivity index (χ1n) is 9.68. The maximum absolute atomic E-state index is 12.3. The van der Waals surface area contributed by atoms with Crippen LogP contribution in [0.1, 0.15) is 25.4 Å². The average Bonchev–Trinajstić information content (AvgIpc) is 3.36. The van der Waals surface area contributed by atoms with Gasteiger partial charge in [-0.2, -0.15) is 9.78 Å². The minimum absolute atomic E-state index is 0.147. The molecule has 0 amide bonds. The molecule has 0 aliphatic carbocycles. The van der Waals surface area contributed by atoms with Crippen molar-refractivity contribution < 1.29 is 9.84 Å². The number of nitrogens with zero attached hydrogens (tertiary/aromatic N) is 6. The third-order valence-corrected chi connectivity index (χ3v) is 4.85. The Morgan fingerprint density at radius 2 is 2.06 bits per heavy atom. The number of H-pyrrole nitrogens is 1. The number of aromatic nitrogens is 7. The monoisotopic (exact) mass is 421 g/mol. The number of pyridine rings is 2. The van der Waals surface area contributed by atoms with Gasteiger partial charge in [0, 0.05) is 36.5 Å². The van der Waals surface area contributed by atoms with Crippen LogP contribution in [0.25, 0.3) is 17.1 Å². The van der Waals surface area contributed by atoms with Crippen LogP contribution in [0.3, 0.4) is 0 Å². The molecule has 0 radical (unpaired) electrons. The van der Waals surface area contributed by atoms with Crippen molar-refractivity contribution in [3.8, 4) is 28.6 Å². The van der Waals surface area contributed by atoms with Crippen LogP contribution < -0.4 is 10.4 Å². The lowest BCUT2D eigenvalue weighted by Gasteiger charge is -2.17. The number of hydrogen-bond donors (Lipinski definition) is 2. The Balaban J connectivity index is 1.60. The molecule has 0 atom stereocenters. The molecule has 4 rings (SSSR count). The lowest BCUT2D eigenvalue weighted by atomic mass is 9.94. The number of nitrogens with one attached hydrogen (secondary N) is 1. The normalized spacial score (nSPS) is 11.6. The van der Waals surface area contributed by atoms with Crippen LogP contribution in [0, 0.1) is 6.92 Å². The smallest absolute Gasteiger partial charge is 0.349 e. The summed E-state index contributed by atoms with van der Waals surface area (Å²) in [6.07, 6.45) is 5.28. The molecule has 4 aromatic heterocycles. The topological polar surface area (TPSA) is 124 Å². The summed E-state index contributed by atoms with van der Waals surface area (Å²) in [6.45, 7) is 5.23. The van der Waals surface area contributed by atoms with Crippen molar-refractivity contribution in [1.82, 2.24) is 34.5 Å². The minimum Gasteiger partial charge on any atom is -0.455 e. The van der Waals surface area contributed by atoms with Crippen LogP contribution in [-0.2, 0) is 12.5 Å². The van der Waals surface area contributed by atoms with E-state index < -0.39 is 11.1 Å². The predicted molar refractivity (Wildman–Crippen MR) is 113 cm³/mol. The Morgan fingerprint density at radius 1 is 1.26 bits per heavy atom. The number of ether oxygens (including phenoxy) is 1. The first-order chi connectivity index (χ1) is 14.8.